The van der Waals surface area contributed by atoms with E-state index in [0.717, 1.165) is 11.3 Å². The molecule has 2 fully saturated rings. The van der Waals surface area contributed by atoms with Crippen LogP contribution in [0.15, 0.2) is 30.3 Å². The third-order valence-corrected chi connectivity index (χ3v) is 8.49. The quantitative estimate of drug-likeness (QED) is 0.319. The topological polar surface area (TPSA) is 23.8 Å². The van der Waals surface area contributed by atoms with Gasteiger partial charge in [0.1, 0.15) is 0 Å². The van der Waals surface area contributed by atoms with Crippen molar-refractivity contribution in [3.05, 3.63) is 30.3 Å². The molecule has 2 saturated carbocycles. The van der Waals surface area contributed by atoms with Crippen molar-refractivity contribution in [1.29, 1.82) is 5.26 Å². The summed E-state index contributed by atoms with van der Waals surface area (Å²) in [5, 5.41) is 9.02. The Balaban J connectivity index is 0.000000460. The molecule has 2 aliphatic carbocycles. The number of rotatable bonds is 3. The van der Waals surface area contributed by atoms with Gasteiger partial charge in [-0.05, 0) is 42.3 Å². The largest absolute Gasteiger partial charge is 0.0690 e. The van der Waals surface area contributed by atoms with Crippen molar-refractivity contribution in [1.82, 2.24) is 0 Å². The van der Waals surface area contributed by atoms with Gasteiger partial charge in [0.15, 0.2) is 0 Å². The molecule has 0 saturated heterocycles. The Bertz CT molecular complexity index is 450. The van der Waals surface area contributed by atoms with Gasteiger partial charge in [-0.15, -0.1) is 0 Å². The summed E-state index contributed by atoms with van der Waals surface area (Å²) in [4.78, 5) is 0. The molecule has 0 amide bonds. The molecule has 0 unspecified atom stereocenters. The van der Waals surface area contributed by atoms with Gasteiger partial charge in [-0.2, -0.15) is 5.26 Å². The Morgan fingerprint density at radius 3 is 1.60 bits per heavy atom. The Hall–Kier alpha value is 0.382. The molecule has 0 bridgehead atoms. The monoisotopic (exact) mass is 491 g/mol. The molecule has 2 aliphatic rings. The molecule has 25 heavy (non-hydrogen) atoms. The van der Waals surface area contributed by atoms with Gasteiger partial charge in [0.2, 0.25) is 0 Å². The molecule has 0 radical (unpaired) electrons. The molecule has 0 aliphatic heterocycles. The Labute approximate surface area is 171 Å². The smallest absolute Gasteiger partial charge is 0.0166 e. The Morgan fingerprint density at radius 2 is 1.24 bits per heavy atom. The first-order valence-electron chi connectivity index (χ1n) is 9.25. The summed E-state index contributed by atoms with van der Waals surface area (Å²) in [5.41, 5.74) is 2.07. The van der Waals surface area contributed by atoms with Crippen molar-refractivity contribution in [2.24, 2.45) is 0 Å². The van der Waals surface area contributed by atoms with E-state index >= 15 is 0 Å². The van der Waals surface area contributed by atoms with E-state index in [2.05, 4.69) is 30.3 Å². The summed E-state index contributed by atoms with van der Waals surface area (Å²) in [7, 11) is 9.74. The second-order valence-electron chi connectivity index (χ2n) is 6.60. The van der Waals surface area contributed by atoms with Crippen molar-refractivity contribution in [3.63, 3.8) is 0 Å². The van der Waals surface area contributed by atoms with Crippen LogP contribution in [-0.4, -0.2) is 11.3 Å². The third kappa shape index (κ3) is 9.23. The minimum atomic E-state index is -0.106. The van der Waals surface area contributed by atoms with Crippen molar-refractivity contribution < 1.29 is 15.9 Å². The van der Waals surface area contributed by atoms with Crippen molar-refractivity contribution in [3.8, 4) is 6.07 Å². The van der Waals surface area contributed by atoms with Crippen LogP contribution in [0.3, 0.4) is 0 Å². The van der Waals surface area contributed by atoms with Gasteiger partial charge >= 0.3 is 35.0 Å². The number of nitrogens with zero attached hydrogens (tertiary/aromatic N) is 1. The normalized spacial score (nSPS) is 18.5. The predicted molar refractivity (Wildman–Crippen MR) is 110 cm³/mol. The molecular formula is C20H30Cl2NPPd. The van der Waals surface area contributed by atoms with Gasteiger partial charge < -0.3 is 0 Å². The van der Waals surface area contributed by atoms with E-state index in [-0.39, 0.29) is 23.9 Å². The maximum Gasteiger partial charge on any atom is -0.0166 e. The first-order chi connectivity index (χ1) is 12.3. The molecule has 0 aromatic heterocycles. The minimum Gasteiger partial charge on any atom is -0.0690 e. The standard InChI is InChI=1S/C18H27P.C2H3N.2ClH.Pd/c1-4-10-16(11-5-1)19(17-12-6-2-7-13-17)18-14-8-3-9-15-18;1-2-3;;;/h1,4-5,10-11,17-18H,2-3,6-9,12-15H2;1H3;2*1H;/q;;;;+2/p-2. The fourth-order valence-electron chi connectivity index (χ4n) is 4.04. The zero-order valence-electron chi connectivity index (χ0n) is 15.1. The van der Waals surface area contributed by atoms with Crippen molar-refractivity contribution in [2.75, 3.05) is 0 Å². The average molecular weight is 493 g/mol. The van der Waals surface area contributed by atoms with E-state index in [1.54, 1.807) is 11.4 Å². The van der Waals surface area contributed by atoms with Crippen LogP contribution in [0, 0.1) is 11.3 Å². The maximum absolute atomic E-state index is 7.32. The van der Waals surface area contributed by atoms with Gasteiger partial charge in [-0.1, -0.05) is 76.8 Å². The van der Waals surface area contributed by atoms with Gasteiger partial charge in [-0.3, -0.25) is 0 Å². The summed E-state index contributed by atoms with van der Waals surface area (Å²) in [6.45, 7) is 1.43. The maximum atomic E-state index is 7.32. The van der Waals surface area contributed by atoms with Crippen molar-refractivity contribution in [2.45, 2.75) is 82.4 Å². The average Bonchev–Trinajstić information content (AvgIpc) is 2.66. The van der Waals surface area contributed by atoms with Crippen LogP contribution < -0.4 is 5.30 Å². The third-order valence-electron chi connectivity index (χ3n) is 4.99. The molecule has 1 aromatic rings. The molecular weight excluding hydrogens is 463 g/mol. The Kier molecular flexibility index (Phi) is 14.5. The van der Waals surface area contributed by atoms with Crippen LogP contribution in [0.1, 0.15) is 71.1 Å². The molecule has 0 spiro atoms. The van der Waals surface area contributed by atoms with E-state index in [1.807, 2.05) is 0 Å². The van der Waals surface area contributed by atoms with E-state index in [1.165, 1.54) is 71.1 Å². The van der Waals surface area contributed by atoms with Gasteiger partial charge in [0.25, 0.3) is 0 Å². The first-order valence-corrected chi connectivity index (χ1v) is 14.7. The molecule has 0 atom stereocenters. The van der Waals surface area contributed by atoms with Gasteiger partial charge in [0.05, 0.1) is 6.07 Å². The summed E-state index contributed by atoms with van der Waals surface area (Å²) in [6.07, 6.45) is 15.0. The van der Waals surface area contributed by atoms with Crippen LogP contribution in [0.2, 0.25) is 0 Å². The second-order valence-corrected chi connectivity index (χ2v) is 11.7. The van der Waals surface area contributed by atoms with E-state index in [4.69, 9.17) is 24.3 Å². The predicted octanol–water partition coefficient (Wildman–Crippen LogP) is 7.37. The molecule has 1 nitrogen and oxygen atoms in total. The fourth-order valence-corrected chi connectivity index (χ4v) is 7.84. The van der Waals surface area contributed by atoms with Crippen LogP contribution in [0.25, 0.3) is 0 Å². The minimum absolute atomic E-state index is 0.106. The number of hydrogen-bond acceptors (Lipinski definition) is 1. The number of hydrogen-bond donors (Lipinski definition) is 0. The van der Waals surface area contributed by atoms with Crippen LogP contribution in [0.4, 0.5) is 0 Å². The fraction of sp³-hybridized carbons (Fsp3) is 0.650. The summed E-state index contributed by atoms with van der Waals surface area (Å²) >= 11 is -0.106. The zero-order valence-corrected chi connectivity index (χ0v) is 19.0. The molecule has 3 rings (SSSR count). The number of benzene rings is 1. The molecule has 0 heterocycles. The number of halogens is 2. The summed E-state index contributed by atoms with van der Waals surface area (Å²) in [6, 6.07) is 13.3. The van der Waals surface area contributed by atoms with Gasteiger partial charge in [-0.25, -0.2) is 0 Å². The van der Waals surface area contributed by atoms with Crippen molar-refractivity contribution >= 4 is 32.3 Å². The van der Waals surface area contributed by atoms with Gasteiger partial charge in [0, 0.05) is 6.92 Å². The molecule has 144 valence electrons. The molecule has 5 heteroatoms. The first kappa shape index (κ1) is 23.4. The number of nitriles is 1. The van der Waals surface area contributed by atoms with E-state index < -0.39 is 0 Å². The van der Waals surface area contributed by atoms with E-state index in [9.17, 15) is 0 Å². The molecule has 1 aromatic carbocycles. The zero-order chi connectivity index (χ0) is 18.3. The summed E-state index contributed by atoms with van der Waals surface area (Å²) < 4.78 is 0. The SMILES string of the molecule is CC#N.[Cl][Pd][Cl].c1ccc(P(C2CCCCC2)C2CCCCC2)cc1. The summed E-state index contributed by atoms with van der Waals surface area (Å²) in [5.74, 6) is 0. The van der Waals surface area contributed by atoms with Crippen LogP contribution in [-0.2, 0) is 15.9 Å². The van der Waals surface area contributed by atoms with Crippen LogP contribution in [0.5, 0.6) is 0 Å². The van der Waals surface area contributed by atoms with Crippen LogP contribution >= 0.6 is 27.0 Å². The second kappa shape index (κ2) is 15.4. The van der Waals surface area contributed by atoms with E-state index in [0.29, 0.717) is 0 Å². The Morgan fingerprint density at radius 1 is 0.880 bits per heavy atom. The molecule has 0 N–H and O–H groups in total.